The van der Waals surface area contributed by atoms with Crippen LogP contribution in [0.2, 0.25) is 0 Å². The molecule has 0 saturated heterocycles. The molecule has 0 fully saturated rings. The van der Waals surface area contributed by atoms with Crippen LogP contribution in [-0.2, 0) is 6.61 Å². The molecule has 0 aliphatic carbocycles. The first-order chi connectivity index (χ1) is 9.22. The molecule has 0 radical (unpaired) electrons. The summed E-state index contributed by atoms with van der Waals surface area (Å²) in [6.45, 7) is 2.63. The summed E-state index contributed by atoms with van der Waals surface area (Å²) in [7, 11) is 0. The molecule has 0 aliphatic heterocycles. The van der Waals surface area contributed by atoms with Crippen molar-refractivity contribution in [2.24, 2.45) is 0 Å². The van der Waals surface area contributed by atoms with Gasteiger partial charge in [-0.3, -0.25) is 10.1 Å². The Morgan fingerprint density at radius 3 is 2.84 bits per heavy atom. The molecule has 6 heteroatoms. The predicted octanol–water partition coefficient (Wildman–Crippen LogP) is 3.20. The van der Waals surface area contributed by atoms with E-state index in [0.29, 0.717) is 18.0 Å². The average Bonchev–Trinajstić information content (AvgIpc) is 2.89. The highest BCUT2D eigenvalue weighted by atomic mass is 16.6. The first kappa shape index (κ1) is 12.9. The zero-order valence-corrected chi connectivity index (χ0v) is 10.5. The van der Waals surface area contributed by atoms with E-state index in [2.05, 4.69) is 5.32 Å². The Labute approximate surface area is 110 Å². The van der Waals surface area contributed by atoms with Gasteiger partial charge in [-0.1, -0.05) is 6.07 Å². The molecule has 1 heterocycles. The highest BCUT2D eigenvalue weighted by Gasteiger charge is 2.20. The molecule has 1 aromatic heterocycles. The Bertz CT molecular complexity index is 552. The average molecular weight is 262 g/mol. The number of nitrogens with one attached hydrogen (secondary N) is 1. The molecule has 6 nitrogen and oxygen atoms in total. The van der Waals surface area contributed by atoms with Gasteiger partial charge in [-0.25, -0.2) is 0 Å². The van der Waals surface area contributed by atoms with Gasteiger partial charge in [0.25, 0.3) is 0 Å². The number of ether oxygens (including phenoxy) is 1. The molecule has 0 spiro atoms. The molecule has 2 aromatic rings. The number of nitro benzene ring substituents is 1. The summed E-state index contributed by atoms with van der Waals surface area (Å²) in [6, 6.07) is 8.42. The van der Waals surface area contributed by atoms with Crippen molar-refractivity contribution in [3.63, 3.8) is 0 Å². The SMILES string of the molecule is CCNc1cccc(OCc2ccco2)c1[N+](=O)[O-]. The van der Waals surface area contributed by atoms with Gasteiger partial charge in [0.05, 0.1) is 11.2 Å². The maximum Gasteiger partial charge on any atom is 0.333 e. The summed E-state index contributed by atoms with van der Waals surface area (Å²) < 4.78 is 10.6. The molecule has 0 amide bonds. The molecular formula is C13H14N2O4. The van der Waals surface area contributed by atoms with Crippen molar-refractivity contribution in [3.05, 3.63) is 52.5 Å². The van der Waals surface area contributed by atoms with E-state index in [1.54, 1.807) is 30.3 Å². The van der Waals surface area contributed by atoms with E-state index >= 15 is 0 Å². The van der Waals surface area contributed by atoms with Crippen LogP contribution in [0.15, 0.2) is 41.0 Å². The van der Waals surface area contributed by atoms with Crippen LogP contribution in [0.4, 0.5) is 11.4 Å². The van der Waals surface area contributed by atoms with Crippen molar-refractivity contribution < 1.29 is 14.1 Å². The lowest BCUT2D eigenvalue weighted by molar-refractivity contribution is -0.385. The van der Waals surface area contributed by atoms with E-state index in [1.165, 1.54) is 6.26 Å². The lowest BCUT2D eigenvalue weighted by Crippen LogP contribution is -2.04. The van der Waals surface area contributed by atoms with E-state index < -0.39 is 4.92 Å². The monoisotopic (exact) mass is 262 g/mol. The molecule has 2 rings (SSSR count). The van der Waals surface area contributed by atoms with E-state index in [0.717, 1.165) is 0 Å². The number of hydrogen-bond donors (Lipinski definition) is 1. The lowest BCUT2D eigenvalue weighted by atomic mass is 10.2. The number of benzene rings is 1. The van der Waals surface area contributed by atoms with Gasteiger partial charge in [0.2, 0.25) is 0 Å². The quantitative estimate of drug-likeness (QED) is 0.639. The summed E-state index contributed by atoms with van der Waals surface area (Å²) in [5.74, 6) is 0.836. The number of anilines is 1. The molecule has 0 aliphatic rings. The van der Waals surface area contributed by atoms with Gasteiger partial charge >= 0.3 is 5.69 Å². The second-order valence-electron chi connectivity index (χ2n) is 3.81. The number of furan rings is 1. The van der Waals surface area contributed by atoms with Gasteiger partial charge < -0.3 is 14.5 Å². The van der Waals surface area contributed by atoms with Crippen LogP contribution in [0.3, 0.4) is 0 Å². The van der Waals surface area contributed by atoms with E-state index in [4.69, 9.17) is 9.15 Å². The van der Waals surface area contributed by atoms with Gasteiger partial charge in [0, 0.05) is 6.54 Å². The highest BCUT2D eigenvalue weighted by Crippen LogP contribution is 2.35. The van der Waals surface area contributed by atoms with Gasteiger partial charge in [-0.05, 0) is 31.2 Å². The van der Waals surface area contributed by atoms with Crippen LogP contribution in [0, 0.1) is 10.1 Å². The second kappa shape index (κ2) is 5.90. The minimum absolute atomic E-state index is 0.0593. The molecular weight excluding hydrogens is 248 g/mol. The first-order valence-electron chi connectivity index (χ1n) is 5.88. The van der Waals surface area contributed by atoms with E-state index in [1.807, 2.05) is 6.92 Å². The van der Waals surface area contributed by atoms with Gasteiger partial charge in [-0.2, -0.15) is 0 Å². The Kier molecular flexibility index (Phi) is 4.02. The number of nitro groups is 1. The van der Waals surface area contributed by atoms with Crippen LogP contribution in [0.1, 0.15) is 12.7 Å². The first-order valence-corrected chi connectivity index (χ1v) is 5.88. The summed E-state index contributed by atoms with van der Waals surface area (Å²) in [5.41, 5.74) is 0.389. The summed E-state index contributed by atoms with van der Waals surface area (Å²) in [5, 5.41) is 14.1. The van der Waals surface area contributed by atoms with Crippen molar-refractivity contribution in [2.75, 3.05) is 11.9 Å². The Morgan fingerprint density at radius 2 is 2.21 bits per heavy atom. The molecule has 0 unspecified atom stereocenters. The van der Waals surface area contributed by atoms with Gasteiger partial charge in [0.15, 0.2) is 5.75 Å². The normalized spacial score (nSPS) is 10.2. The minimum Gasteiger partial charge on any atom is -0.479 e. The van der Waals surface area contributed by atoms with Crippen LogP contribution >= 0.6 is 0 Å². The number of para-hydroxylation sites is 1. The second-order valence-corrected chi connectivity index (χ2v) is 3.81. The zero-order valence-electron chi connectivity index (χ0n) is 10.5. The molecule has 1 aromatic carbocycles. The van der Waals surface area contributed by atoms with Crippen LogP contribution in [0.25, 0.3) is 0 Å². The van der Waals surface area contributed by atoms with Gasteiger partial charge in [-0.15, -0.1) is 0 Å². The number of rotatable bonds is 6. The molecule has 0 atom stereocenters. The van der Waals surface area contributed by atoms with Crippen LogP contribution in [0.5, 0.6) is 5.75 Å². The van der Waals surface area contributed by atoms with E-state index in [9.17, 15) is 10.1 Å². The Morgan fingerprint density at radius 1 is 1.37 bits per heavy atom. The van der Waals surface area contributed by atoms with Crippen molar-refractivity contribution >= 4 is 11.4 Å². The lowest BCUT2D eigenvalue weighted by Gasteiger charge is -2.09. The van der Waals surface area contributed by atoms with Crippen LogP contribution in [-0.4, -0.2) is 11.5 Å². The Balaban J connectivity index is 2.23. The summed E-state index contributed by atoms with van der Waals surface area (Å²) >= 11 is 0. The molecule has 0 bridgehead atoms. The summed E-state index contributed by atoms with van der Waals surface area (Å²) in [4.78, 5) is 10.7. The number of hydrogen-bond acceptors (Lipinski definition) is 5. The fourth-order valence-electron chi connectivity index (χ4n) is 1.70. The maximum atomic E-state index is 11.1. The van der Waals surface area contributed by atoms with Gasteiger partial charge in [0.1, 0.15) is 18.1 Å². The highest BCUT2D eigenvalue weighted by molar-refractivity contribution is 5.68. The third-order valence-corrected chi connectivity index (χ3v) is 2.50. The molecule has 19 heavy (non-hydrogen) atoms. The minimum atomic E-state index is -0.449. The largest absolute Gasteiger partial charge is 0.479 e. The summed E-state index contributed by atoms with van der Waals surface area (Å²) in [6.07, 6.45) is 1.53. The molecule has 0 saturated carbocycles. The smallest absolute Gasteiger partial charge is 0.333 e. The van der Waals surface area contributed by atoms with Crippen molar-refractivity contribution in [1.29, 1.82) is 0 Å². The maximum absolute atomic E-state index is 11.1. The standard InChI is InChI=1S/C13H14N2O4/c1-2-14-11-6-3-7-12(13(11)15(16)17)19-9-10-5-4-8-18-10/h3-8,14H,2,9H2,1H3. The predicted molar refractivity (Wildman–Crippen MR) is 70.3 cm³/mol. The number of nitrogens with zero attached hydrogens (tertiary/aromatic N) is 1. The molecule has 1 N–H and O–H groups in total. The zero-order chi connectivity index (χ0) is 13.7. The Hall–Kier alpha value is -2.50. The van der Waals surface area contributed by atoms with Crippen molar-refractivity contribution in [1.82, 2.24) is 0 Å². The fourth-order valence-corrected chi connectivity index (χ4v) is 1.70. The molecule has 100 valence electrons. The fraction of sp³-hybridized carbons (Fsp3) is 0.231. The van der Waals surface area contributed by atoms with E-state index in [-0.39, 0.29) is 18.0 Å². The van der Waals surface area contributed by atoms with Crippen LogP contribution < -0.4 is 10.1 Å². The topological polar surface area (TPSA) is 77.5 Å². The van der Waals surface area contributed by atoms with Crippen molar-refractivity contribution in [3.8, 4) is 5.75 Å². The van der Waals surface area contributed by atoms with Crippen molar-refractivity contribution in [2.45, 2.75) is 13.5 Å². The third-order valence-electron chi connectivity index (χ3n) is 2.50. The third kappa shape index (κ3) is 3.04.